The summed E-state index contributed by atoms with van der Waals surface area (Å²) in [6, 6.07) is 5.02. The molecular weight excluding hydrogens is 327 g/mol. The van der Waals surface area contributed by atoms with Gasteiger partial charge in [-0.3, -0.25) is 9.69 Å². The molecule has 0 aromatic heterocycles. The lowest BCUT2D eigenvalue weighted by molar-refractivity contribution is -0.124. The van der Waals surface area contributed by atoms with Gasteiger partial charge in [0.1, 0.15) is 5.82 Å². The minimum atomic E-state index is -0.187. The molecule has 2 fully saturated rings. The lowest BCUT2D eigenvalue weighted by Gasteiger charge is -2.40. The van der Waals surface area contributed by atoms with E-state index in [1.54, 1.807) is 6.07 Å². The first-order chi connectivity index (χ1) is 12.5. The van der Waals surface area contributed by atoms with E-state index >= 15 is 0 Å². The van der Waals surface area contributed by atoms with Crippen LogP contribution in [0.15, 0.2) is 29.8 Å². The number of piperidine rings is 1. The first kappa shape index (κ1) is 17.7. The number of hydrogen-bond donors (Lipinski definition) is 0. The Kier molecular flexibility index (Phi) is 4.64. The molecule has 0 unspecified atom stereocenters. The zero-order valence-electron chi connectivity index (χ0n) is 15.9. The second-order valence-corrected chi connectivity index (χ2v) is 8.58. The predicted molar refractivity (Wildman–Crippen MR) is 103 cm³/mol. The van der Waals surface area contributed by atoms with Crippen LogP contribution in [0.25, 0.3) is 0 Å². The highest BCUT2D eigenvalue weighted by molar-refractivity contribution is 5.98. The van der Waals surface area contributed by atoms with Crippen LogP contribution >= 0.6 is 0 Å². The quantitative estimate of drug-likeness (QED) is 0.755. The molecule has 0 atom stereocenters. The molecule has 1 amide bonds. The second-order valence-electron chi connectivity index (χ2n) is 8.58. The van der Waals surface area contributed by atoms with Crippen molar-refractivity contribution in [3.63, 3.8) is 0 Å². The van der Waals surface area contributed by atoms with Gasteiger partial charge in [-0.1, -0.05) is 18.1 Å². The molecule has 1 spiro atoms. The molecule has 0 radical (unpaired) electrons. The molecule has 1 aromatic carbocycles. The van der Waals surface area contributed by atoms with Gasteiger partial charge in [-0.2, -0.15) is 0 Å². The molecule has 1 aliphatic carbocycles. The molecule has 1 saturated heterocycles. The first-order valence-corrected chi connectivity index (χ1v) is 9.96. The number of amides is 1. The summed E-state index contributed by atoms with van der Waals surface area (Å²) in [5.74, 6) is 0.252. The molecule has 2 aliphatic heterocycles. The molecule has 26 heavy (non-hydrogen) atoms. The van der Waals surface area contributed by atoms with Crippen LogP contribution in [0.2, 0.25) is 0 Å². The van der Waals surface area contributed by atoms with E-state index in [-0.39, 0.29) is 23.1 Å². The van der Waals surface area contributed by atoms with E-state index in [4.69, 9.17) is 0 Å². The number of carbonyl (C=O) groups is 1. The molecule has 0 N–H and O–H groups in total. The number of allylic oxidation sites excluding steroid dienone is 1. The van der Waals surface area contributed by atoms with Crippen LogP contribution in [-0.2, 0) is 10.2 Å². The van der Waals surface area contributed by atoms with Crippen molar-refractivity contribution in [3.8, 4) is 0 Å². The van der Waals surface area contributed by atoms with Gasteiger partial charge in [0.25, 0.3) is 0 Å². The summed E-state index contributed by atoms with van der Waals surface area (Å²) in [5, 5.41) is 0. The molecule has 2 heterocycles. The Morgan fingerprint density at radius 3 is 2.62 bits per heavy atom. The zero-order chi connectivity index (χ0) is 18.3. The van der Waals surface area contributed by atoms with Gasteiger partial charge >= 0.3 is 0 Å². The number of carbonyl (C=O) groups excluding carboxylic acids is 1. The number of fused-ring (bicyclic) bond motifs is 2. The molecule has 1 aromatic rings. The lowest BCUT2D eigenvalue weighted by Crippen LogP contribution is -2.47. The van der Waals surface area contributed by atoms with E-state index in [0.717, 1.165) is 69.5 Å². The van der Waals surface area contributed by atoms with Crippen LogP contribution in [0.5, 0.6) is 0 Å². The first-order valence-electron chi connectivity index (χ1n) is 9.96. The van der Waals surface area contributed by atoms with Crippen molar-refractivity contribution in [2.45, 2.75) is 51.4 Å². The van der Waals surface area contributed by atoms with E-state index in [1.165, 1.54) is 11.6 Å². The summed E-state index contributed by atoms with van der Waals surface area (Å²) < 4.78 is 14.0. The lowest BCUT2D eigenvalue weighted by atomic mass is 9.74. The summed E-state index contributed by atoms with van der Waals surface area (Å²) >= 11 is 0. The smallest absolute Gasteiger partial charge is 0.230 e. The Bertz CT molecular complexity index is 726. The van der Waals surface area contributed by atoms with Crippen LogP contribution < -0.4 is 4.90 Å². The van der Waals surface area contributed by atoms with Gasteiger partial charge in [0.05, 0.1) is 0 Å². The van der Waals surface area contributed by atoms with E-state index in [1.807, 2.05) is 11.0 Å². The van der Waals surface area contributed by atoms with Crippen LogP contribution in [0.4, 0.5) is 10.1 Å². The number of nitrogens with zero attached hydrogens (tertiary/aromatic N) is 2. The van der Waals surface area contributed by atoms with Crippen molar-refractivity contribution in [3.05, 3.63) is 41.2 Å². The molecule has 3 aliphatic rings. The van der Waals surface area contributed by atoms with E-state index in [2.05, 4.69) is 24.8 Å². The average Bonchev–Trinajstić information content (AvgIpc) is 2.87. The Balaban J connectivity index is 1.57. The van der Waals surface area contributed by atoms with Gasteiger partial charge in [0.2, 0.25) is 5.91 Å². The highest BCUT2D eigenvalue weighted by Crippen LogP contribution is 2.48. The molecule has 0 bridgehead atoms. The van der Waals surface area contributed by atoms with Crippen molar-refractivity contribution in [2.75, 3.05) is 31.1 Å². The maximum absolute atomic E-state index is 14.0. The maximum atomic E-state index is 14.0. The van der Waals surface area contributed by atoms with E-state index in [9.17, 15) is 9.18 Å². The second kappa shape index (κ2) is 6.80. The minimum absolute atomic E-state index is 0.0711. The summed E-state index contributed by atoms with van der Waals surface area (Å²) in [7, 11) is 0. The van der Waals surface area contributed by atoms with Crippen LogP contribution in [0.3, 0.4) is 0 Å². The van der Waals surface area contributed by atoms with E-state index in [0.29, 0.717) is 0 Å². The maximum Gasteiger partial charge on any atom is 0.230 e. The van der Waals surface area contributed by atoms with E-state index < -0.39 is 0 Å². The fourth-order valence-corrected chi connectivity index (χ4v) is 4.62. The van der Waals surface area contributed by atoms with Crippen molar-refractivity contribution in [2.24, 2.45) is 5.92 Å². The molecule has 1 saturated carbocycles. The number of halogens is 1. The standard InChI is InChI=1S/C22H29FN2O/c1-16(2)8-11-24-12-9-22(10-13-24)15-25(21(26)17-4-3-5-17)20-7-6-18(23)14-19(20)22/h6-8,14,17H,3-5,9-13,15H2,1-2H3. The summed E-state index contributed by atoms with van der Waals surface area (Å²) in [6.07, 6.45) is 7.44. The topological polar surface area (TPSA) is 23.6 Å². The predicted octanol–water partition coefficient (Wildman–Crippen LogP) is 4.27. The SMILES string of the molecule is CC(C)=CCN1CCC2(CC1)CN(C(=O)C1CCC1)c1ccc(F)cc12. The summed E-state index contributed by atoms with van der Waals surface area (Å²) in [4.78, 5) is 17.4. The third-order valence-corrected chi connectivity index (χ3v) is 6.57. The molecule has 4 heteroatoms. The van der Waals surface area contributed by atoms with Crippen LogP contribution in [0.1, 0.15) is 51.5 Å². The average molecular weight is 356 g/mol. The van der Waals surface area contributed by atoms with Gasteiger partial charge in [-0.25, -0.2) is 4.39 Å². The fraction of sp³-hybridized carbons (Fsp3) is 0.591. The van der Waals surface area contributed by atoms with Crippen molar-refractivity contribution in [1.82, 2.24) is 4.90 Å². The summed E-state index contributed by atoms with van der Waals surface area (Å²) in [6.45, 7) is 7.99. The van der Waals surface area contributed by atoms with Gasteiger partial charge in [-0.05, 0) is 76.4 Å². The van der Waals surface area contributed by atoms with Crippen molar-refractivity contribution < 1.29 is 9.18 Å². The van der Waals surface area contributed by atoms with Gasteiger partial charge in [-0.15, -0.1) is 0 Å². The summed E-state index contributed by atoms with van der Waals surface area (Å²) in [5.41, 5.74) is 3.29. The third-order valence-electron chi connectivity index (χ3n) is 6.57. The van der Waals surface area contributed by atoms with Crippen LogP contribution in [0, 0.1) is 11.7 Å². The van der Waals surface area contributed by atoms with Crippen LogP contribution in [-0.4, -0.2) is 37.0 Å². The number of likely N-dealkylation sites (tertiary alicyclic amines) is 1. The Morgan fingerprint density at radius 2 is 2.00 bits per heavy atom. The normalized spacial score (nSPS) is 22.2. The highest BCUT2D eigenvalue weighted by atomic mass is 19.1. The molecular formula is C22H29FN2O. The number of benzene rings is 1. The number of rotatable bonds is 3. The minimum Gasteiger partial charge on any atom is -0.311 e. The molecule has 3 nitrogen and oxygen atoms in total. The fourth-order valence-electron chi connectivity index (χ4n) is 4.62. The van der Waals surface area contributed by atoms with Gasteiger partial charge in [0, 0.05) is 30.1 Å². The Morgan fingerprint density at radius 1 is 1.27 bits per heavy atom. The number of anilines is 1. The van der Waals surface area contributed by atoms with Crippen molar-refractivity contribution >= 4 is 11.6 Å². The van der Waals surface area contributed by atoms with Gasteiger partial charge in [0.15, 0.2) is 0 Å². The molecule has 140 valence electrons. The Hall–Kier alpha value is -1.68. The highest BCUT2D eigenvalue weighted by Gasteiger charge is 2.47. The number of hydrogen-bond acceptors (Lipinski definition) is 2. The monoisotopic (exact) mass is 356 g/mol. The zero-order valence-corrected chi connectivity index (χ0v) is 15.9. The third kappa shape index (κ3) is 3.09. The Labute approximate surface area is 155 Å². The van der Waals surface area contributed by atoms with Gasteiger partial charge < -0.3 is 4.90 Å². The van der Waals surface area contributed by atoms with Crippen molar-refractivity contribution in [1.29, 1.82) is 0 Å². The molecule has 4 rings (SSSR count). The largest absolute Gasteiger partial charge is 0.311 e.